The van der Waals surface area contributed by atoms with E-state index in [2.05, 4.69) is 5.32 Å². The molecule has 0 aliphatic carbocycles. The molecule has 0 radical (unpaired) electrons. The molecule has 1 atom stereocenters. The maximum absolute atomic E-state index is 12.5. The third-order valence-electron chi connectivity index (χ3n) is 3.36. The van der Waals surface area contributed by atoms with Gasteiger partial charge in [-0.05, 0) is 38.0 Å². The molecule has 1 N–H and O–H groups in total. The van der Waals surface area contributed by atoms with Gasteiger partial charge < -0.3 is 10.1 Å². The number of amides is 1. The molecule has 0 saturated heterocycles. The first kappa shape index (κ1) is 20.7. The van der Waals surface area contributed by atoms with Gasteiger partial charge in [0.2, 0.25) is 15.9 Å². The first-order valence-corrected chi connectivity index (χ1v) is 10.1. The third-order valence-corrected chi connectivity index (χ3v) is 4.78. The first-order chi connectivity index (χ1) is 11.3. The average molecular weight is 377 g/mol. The third kappa shape index (κ3) is 6.30. The molecular weight excluding hydrogens is 352 g/mol. The van der Waals surface area contributed by atoms with Gasteiger partial charge in [-0.2, -0.15) is 0 Å². The molecule has 1 rings (SSSR count). The number of hydrogen-bond acceptors (Lipinski definition) is 4. The Morgan fingerprint density at radius 3 is 2.62 bits per heavy atom. The number of ether oxygens (including phenoxy) is 1. The Hall–Kier alpha value is -1.31. The Balaban J connectivity index is 2.92. The minimum atomic E-state index is -3.64. The normalized spacial score (nSPS) is 12.7. The minimum absolute atomic E-state index is 0.334. The largest absolute Gasteiger partial charge is 0.382 e. The molecule has 0 saturated carbocycles. The van der Waals surface area contributed by atoms with Gasteiger partial charge in [-0.3, -0.25) is 9.10 Å². The summed E-state index contributed by atoms with van der Waals surface area (Å²) in [5.74, 6) is -0.334. The second-order valence-electron chi connectivity index (χ2n) is 5.30. The Kier molecular flexibility index (Phi) is 8.52. The number of halogens is 1. The zero-order valence-electron chi connectivity index (χ0n) is 14.3. The zero-order chi connectivity index (χ0) is 18.2. The number of anilines is 1. The molecule has 1 amide bonds. The molecule has 1 aromatic carbocycles. The van der Waals surface area contributed by atoms with Crippen molar-refractivity contribution in [3.05, 3.63) is 29.3 Å². The lowest BCUT2D eigenvalue weighted by atomic mass is 10.2. The second-order valence-corrected chi connectivity index (χ2v) is 7.60. The molecule has 136 valence electrons. The van der Waals surface area contributed by atoms with Crippen LogP contribution in [0, 0.1) is 0 Å². The van der Waals surface area contributed by atoms with E-state index in [-0.39, 0.29) is 5.91 Å². The number of hydrogen-bond donors (Lipinski definition) is 1. The van der Waals surface area contributed by atoms with Crippen LogP contribution in [0.15, 0.2) is 24.3 Å². The van der Waals surface area contributed by atoms with Crippen molar-refractivity contribution in [2.45, 2.75) is 32.7 Å². The highest BCUT2D eigenvalue weighted by Crippen LogP contribution is 2.25. The fourth-order valence-electron chi connectivity index (χ4n) is 2.32. The van der Waals surface area contributed by atoms with E-state index in [4.69, 9.17) is 16.3 Å². The summed E-state index contributed by atoms with van der Waals surface area (Å²) < 4.78 is 30.8. The molecule has 0 fully saturated rings. The highest BCUT2D eigenvalue weighted by molar-refractivity contribution is 7.92. The fraction of sp³-hybridized carbons (Fsp3) is 0.562. The summed E-state index contributed by atoms with van der Waals surface area (Å²) in [6, 6.07) is 5.64. The number of benzene rings is 1. The van der Waals surface area contributed by atoms with Gasteiger partial charge in [0.25, 0.3) is 0 Å². The summed E-state index contributed by atoms with van der Waals surface area (Å²) in [5.41, 5.74) is 0.376. The number of carbonyl (C=O) groups is 1. The van der Waals surface area contributed by atoms with E-state index in [0.717, 1.165) is 10.6 Å². The summed E-state index contributed by atoms with van der Waals surface area (Å²) in [7, 11) is -3.64. The van der Waals surface area contributed by atoms with E-state index in [1.165, 1.54) is 6.07 Å². The Labute approximate surface area is 149 Å². The molecule has 0 heterocycles. The molecule has 6 nitrogen and oxygen atoms in total. The van der Waals surface area contributed by atoms with Crippen molar-refractivity contribution in [2.75, 3.05) is 30.3 Å². The number of nitrogens with zero attached hydrogens (tertiary/aromatic N) is 1. The van der Waals surface area contributed by atoms with E-state index in [0.29, 0.717) is 43.3 Å². The standard InChI is InChI=1S/C16H25ClN2O4S/c1-4-15(16(20)18-10-7-11-23-5-2)19(24(3,21)22)14-9-6-8-13(17)12-14/h6,8-9,12,15H,4-5,7,10-11H2,1-3H3,(H,18,20)/t15-/m1/s1. The highest BCUT2D eigenvalue weighted by Gasteiger charge is 2.31. The van der Waals surface area contributed by atoms with Crippen LogP contribution in [0.25, 0.3) is 0 Å². The topological polar surface area (TPSA) is 75.7 Å². The summed E-state index contributed by atoms with van der Waals surface area (Å²) >= 11 is 5.96. The van der Waals surface area contributed by atoms with Gasteiger partial charge in [0, 0.05) is 24.8 Å². The van der Waals surface area contributed by atoms with Crippen LogP contribution in [0.4, 0.5) is 5.69 Å². The summed E-state index contributed by atoms with van der Waals surface area (Å²) in [6.07, 6.45) is 2.10. The van der Waals surface area contributed by atoms with Crippen LogP contribution < -0.4 is 9.62 Å². The minimum Gasteiger partial charge on any atom is -0.382 e. The molecule has 0 aliphatic heterocycles. The number of rotatable bonds is 10. The first-order valence-electron chi connectivity index (χ1n) is 7.91. The molecule has 0 aliphatic rings. The van der Waals surface area contributed by atoms with Crippen LogP contribution in [-0.4, -0.2) is 46.4 Å². The van der Waals surface area contributed by atoms with Crippen LogP contribution in [-0.2, 0) is 19.6 Å². The van der Waals surface area contributed by atoms with Crippen LogP contribution in [0.1, 0.15) is 26.7 Å². The maximum Gasteiger partial charge on any atom is 0.243 e. The van der Waals surface area contributed by atoms with Crippen LogP contribution in [0.3, 0.4) is 0 Å². The predicted molar refractivity (Wildman–Crippen MR) is 97.0 cm³/mol. The van der Waals surface area contributed by atoms with Gasteiger partial charge in [-0.1, -0.05) is 24.6 Å². The predicted octanol–water partition coefficient (Wildman–Crippen LogP) is 2.43. The van der Waals surface area contributed by atoms with Gasteiger partial charge in [0.1, 0.15) is 6.04 Å². The van der Waals surface area contributed by atoms with Gasteiger partial charge >= 0.3 is 0 Å². The van der Waals surface area contributed by atoms with Crippen molar-refractivity contribution in [3.63, 3.8) is 0 Å². The second kappa shape index (κ2) is 9.86. The van der Waals surface area contributed by atoms with Crippen molar-refractivity contribution in [3.8, 4) is 0 Å². The fourth-order valence-corrected chi connectivity index (χ4v) is 3.71. The van der Waals surface area contributed by atoms with Crippen molar-refractivity contribution in [1.82, 2.24) is 5.32 Å². The lowest BCUT2D eigenvalue weighted by Gasteiger charge is -2.30. The Bertz CT molecular complexity index is 637. The lowest BCUT2D eigenvalue weighted by molar-refractivity contribution is -0.122. The van der Waals surface area contributed by atoms with E-state index in [1.54, 1.807) is 25.1 Å². The summed E-state index contributed by atoms with van der Waals surface area (Å²) in [6.45, 7) is 5.29. The van der Waals surface area contributed by atoms with Crippen LogP contribution >= 0.6 is 11.6 Å². The van der Waals surface area contributed by atoms with Gasteiger partial charge in [-0.25, -0.2) is 8.42 Å². The van der Waals surface area contributed by atoms with Gasteiger partial charge in [0.15, 0.2) is 0 Å². The van der Waals surface area contributed by atoms with E-state index in [9.17, 15) is 13.2 Å². The van der Waals surface area contributed by atoms with Crippen molar-refractivity contribution >= 4 is 33.2 Å². The van der Waals surface area contributed by atoms with Gasteiger partial charge in [-0.15, -0.1) is 0 Å². The highest BCUT2D eigenvalue weighted by atomic mass is 35.5. The number of nitrogens with one attached hydrogen (secondary N) is 1. The van der Waals surface area contributed by atoms with Crippen molar-refractivity contribution in [1.29, 1.82) is 0 Å². The summed E-state index contributed by atoms with van der Waals surface area (Å²) in [4.78, 5) is 12.5. The molecule has 0 bridgehead atoms. The molecule has 24 heavy (non-hydrogen) atoms. The Morgan fingerprint density at radius 1 is 1.38 bits per heavy atom. The van der Waals surface area contributed by atoms with Crippen LogP contribution in [0.2, 0.25) is 5.02 Å². The molecular formula is C16H25ClN2O4S. The van der Waals surface area contributed by atoms with Gasteiger partial charge in [0.05, 0.1) is 11.9 Å². The number of sulfonamides is 1. The SMILES string of the molecule is CCOCCCNC(=O)[C@@H](CC)N(c1cccc(Cl)c1)S(C)(=O)=O. The lowest BCUT2D eigenvalue weighted by Crippen LogP contribution is -2.49. The summed E-state index contributed by atoms with van der Waals surface area (Å²) in [5, 5.41) is 3.18. The monoisotopic (exact) mass is 376 g/mol. The van der Waals surface area contributed by atoms with E-state index < -0.39 is 16.1 Å². The zero-order valence-corrected chi connectivity index (χ0v) is 15.9. The molecule has 0 unspecified atom stereocenters. The van der Waals surface area contributed by atoms with Crippen molar-refractivity contribution < 1.29 is 17.9 Å². The molecule has 8 heteroatoms. The Morgan fingerprint density at radius 2 is 2.08 bits per heavy atom. The van der Waals surface area contributed by atoms with Crippen molar-refractivity contribution in [2.24, 2.45) is 0 Å². The smallest absolute Gasteiger partial charge is 0.243 e. The molecule has 0 spiro atoms. The maximum atomic E-state index is 12.5. The van der Waals surface area contributed by atoms with Crippen LogP contribution in [0.5, 0.6) is 0 Å². The quantitative estimate of drug-likeness (QED) is 0.636. The van der Waals surface area contributed by atoms with E-state index >= 15 is 0 Å². The molecule has 0 aromatic heterocycles. The average Bonchev–Trinajstić information content (AvgIpc) is 2.50. The molecule has 1 aromatic rings. The van der Waals surface area contributed by atoms with E-state index in [1.807, 2.05) is 6.92 Å². The number of carbonyl (C=O) groups excluding carboxylic acids is 1.